The van der Waals surface area contributed by atoms with Gasteiger partial charge in [0.25, 0.3) is 5.91 Å². The lowest BCUT2D eigenvalue weighted by molar-refractivity contribution is 0.0596. The normalized spacial score (nSPS) is 18.3. The second-order valence-corrected chi connectivity index (χ2v) is 9.02. The molecule has 0 aliphatic carbocycles. The third kappa shape index (κ3) is 6.33. The molecule has 0 bridgehead atoms. The molecule has 1 saturated heterocycles. The van der Waals surface area contributed by atoms with Crippen LogP contribution in [-0.2, 0) is 0 Å². The molecule has 188 valence electrons. The minimum atomic E-state index is -0.180. The first-order chi connectivity index (χ1) is 17.7. The molecule has 1 aromatic heterocycles. The van der Waals surface area contributed by atoms with Crippen molar-refractivity contribution < 1.29 is 19.0 Å². The summed E-state index contributed by atoms with van der Waals surface area (Å²) in [6.07, 6.45) is 2.74. The molecule has 5 rings (SSSR count). The Morgan fingerprint density at radius 2 is 1.72 bits per heavy atom. The van der Waals surface area contributed by atoms with Gasteiger partial charge < -0.3 is 24.4 Å². The van der Waals surface area contributed by atoms with Crippen molar-refractivity contribution in [2.75, 3.05) is 52.4 Å². The monoisotopic (exact) mass is 488 g/mol. The summed E-state index contributed by atoms with van der Waals surface area (Å²) in [5, 5.41) is 3.03. The highest BCUT2D eigenvalue weighted by atomic mass is 16.6. The minimum absolute atomic E-state index is 0.0394. The van der Waals surface area contributed by atoms with E-state index in [1.807, 2.05) is 54.6 Å². The highest BCUT2D eigenvalue weighted by Crippen LogP contribution is 2.31. The van der Waals surface area contributed by atoms with E-state index in [4.69, 9.17) is 14.2 Å². The first-order valence-electron chi connectivity index (χ1n) is 12.5. The van der Waals surface area contributed by atoms with E-state index in [9.17, 15) is 4.79 Å². The number of hydrogen-bond donors (Lipinski definition) is 1. The molecule has 0 saturated carbocycles. The number of para-hydroxylation sites is 3. The van der Waals surface area contributed by atoms with Crippen molar-refractivity contribution in [3.05, 3.63) is 78.5 Å². The second-order valence-electron chi connectivity index (χ2n) is 9.02. The van der Waals surface area contributed by atoms with Crippen molar-refractivity contribution in [2.24, 2.45) is 0 Å². The Kier molecular flexibility index (Phi) is 7.95. The highest BCUT2D eigenvalue weighted by molar-refractivity contribution is 5.96. The van der Waals surface area contributed by atoms with Gasteiger partial charge in [-0.2, -0.15) is 0 Å². The van der Waals surface area contributed by atoms with E-state index in [-0.39, 0.29) is 12.0 Å². The molecule has 1 atom stereocenters. The van der Waals surface area contributed by atoms with Crippen LogP contribution in [0.2, 0.25) is 0 Å². The predicted molar refractivity (Wildman–Crippen MR) is 137 cm³/mol. The summed E-state index contributed by atoms with van der Waals surface area (Å²) in [5.41, 5.74) is 0.430. The van der Waals surface area contributed by atoms with Crippen molar-refractivity contribution in [3.63, 3.8) is 0 Å². The Morgan fingerprint density at radius 3 is 2.61 bits per heavy atom. The first-order valence-corrected chi connectivity index (χ1v) is 12.5. The van der Waals surface area contributed by atoms with Crippen LogP contribution in [0.15, 0.2) is 72.9 Å². The van der Waals surface area contributed by atoms with Crippen LogP contribution in [0.3, 0.4) is 0 Å². The third-order valence-corrected chi connectivity index (χ3v) is 6.40. The Hall–Kier alpha value is -3.62. The lowest BCUT2D eigenvalue weighted by Crippen LogP contribution is -2.42. The van der Waals surface area contributed by atoms with E-state index in [0.29, 0.717) is 30.3 Å². The number of carbonyl (C=O) groups excluding carboxylic acids is 1. The summed E-state index contributed by atoms with van der Waals surface area (Å²) in [4.78, 5) is 21.9. The van der Waals surface area contributed by atoms with Gasteiger partial charge in [0.2, 0.25) is 5.88 Å². The Morgan fingerprint density at radius 1 is 0.944 bits per heavy atom. The Bertz CT molecular complexity index is 1140. The van der Waals surface area contributed by atoms with Gasteiger partial charge in [0, 0.05) is 38.9 Å². The molecule has 1 amide bonds. The van der Waals surface area contributed by atoms with Crippen LogP contribution in [0.25, 0.3) is 0 Å². The van der Waals surface area contributed by atoms with Gasteiger partial charge >= 0.3 is 0 Å². The average molecular weight is 489 g/mol. The number of amides is 1. The lowest BCUT2D eigenvalue weighted by Gasteiger charge is -2.30. The molecule has 3 aromatic rings. The van der Waals surface area contributed by atoms with Gasteiger partial charge in [-0.05, 0) is 55.9 Å². The topological polar surface area (TPSA) is 76.2 Å². The Balaban J connectivity index is 1.07. The number of hydrogen-bond acceptors (Lipinski definition) is 7. The van der Waals surface area contributed by atoms with Crippen LogP contribution in [0.5, 0.6) is 23.1 Å². The molecule has 0 radical (unpaired) electrons. The number of nitrogens with one attached hydrogen (secondary N) is 1. The molecule has 2 aliphatic rings. The smallest absolute Gasteiger partial charge is 0.256 e. The number of pyridine rings is 1. The third-order valence-electron chi connectivity index (χ3n) is 6.40. The molecule has 1 fully saturated rings. The van der Waals surface area contributed by atoms with Crippen LogP contribution in [0, 0.1) is 0 Å². The predicted octanol–water partition coefficient (Wildman–Crippen LogP) is 3.45. The number of rotatable bonds is 8. The lowest BCUT2D eigenvalue weighted by atomic mass is 10.2. The largest absolute Gasteiger partial charge is 0.486 e. The Labute approximate surface area is 211 Å². The molecular formula is C28H32N4O4. The van der Waals surface area contributed by atoms with Gasteiger partial charge in [-0.3, -0.25) is 9.69 Å². The van der Waals surface area contributed by atoms with Crippen molar-refractivity contribution in [3.8, 4) is 23.1 Å². The van der Waals surface area contributed by atoms with Gasteiger partial charge in [-0.1, -0.05) is 30.3 Å². The van der Waals surface area contributed by atoms with Crippen LogP contribution in [0.4, 0.5) is 0 Å². The quantitative estimate of drug-likeness (QED) is 0.521. The fourth-order valence-electron chi connectivity index (χ4n) is 4.54. The van der Waals surface area contributed by atoms with E-state index >= 15 is 0 Å². The van der Waals surface area contributed by atoms with Crippen LogP contribution < -0.4 is 19.5 Å². The number of carbonyl (C=O) groups is 1. The van der Waals surface area contributed by atoms with E-state index in [0.717, 1.165) is 57.2 Å². The van der Waals surface area contributed by atoms with E-state index in [1.165, 1.54) is 0 Å². The molecule has 1 N–H and O–H groups in total. The molecule has 0 spiro atoms. The van der Waals surface area contributed by atoms with E-state index < -0.39 is 0 Å². The number of aromatic nitrogens is 1. The number of benzene rings is 2. The molecule has 0 unspecified atom stereocenters. The van der Waals surface area contributed by atoms with Gasteiger partial charge in [0.1, 0.15) is 24.0 Å². The summed E-state index contributed by atoms with van der Waals surface area (Å²) in [5.74, 6) is 2.42. The molecular weight excluding hydrogens is 456 g/mol. The molecule has 2 aromatic carbocycles. The average Bonchev–Trinajstić information content (AvgIpc) is 3.14. The zero-order valence-electron chi connectivity index (χ0n) is 20.3. The van der Waals surface area contributed by atoms with Crippen LogP contribution in [-0.4, -0.2) is 79.2 Å². The van der Waals surface area contributed by atoms with Crippen molar-refractivity contribution >= 4 is 5.91 Å². The zero-order chi connectivity index (χ0) is 24.6. The van der Waals surface area contributed by atoms with Gasteiger partial charge in [0.15, 0.2) is 11.5 Å². The van der Waals surface area contributed by atoms with Crippen molar-refractivity contribution in [2.45, 2.75) is 12.5 Å². The summed E-state index contributed by atoms with van der Waals surface area (Å²) >= 11 is 0. The summed E-state index contributed by atoms with van der Waals surface area (Å²) in [6.45, 7) is 6.74. The van der Waals surface area contributed by atoms with Gasteiger partial charge in [-0.25, -0.2) is 4.98 Å². The molecule has 2 aliphatic heterocycles. The summed E-state index contributed by atoms with van der Waals surface area (Å²) in [6, 6.07) is 20.7. The number of ether oxygens (including phenoxy) is 3. The van der Waals surface area contributed by atoms with Crippen LogP contribution >= 0.6 is 0 Å². The standard InChI is InChI=1S/C28H32N4O4/c33-27(24-10-6-13-30-28(24)36-22-8-2-1-3-9-22)29-14-17-31-15-7-16-32(19-18-31)20-23-21-34-25-11-4-5-12-26(25)35-23/h1-6,8-13,23H,7,14-21H2,(H,29,33)/t23-/m0/s1. The minimum Gasteiger partial charge on any atom is -0.486 e. The van der Waals surface area contributed by atoms with Gasteiger partial charge in [-0.15, -0.1) is 0 Å². The SMILES string of the molecule is O=C(NCCN1CCCN(C[C@H]2COc3ccccc3O2)CC1)c1cccnc1Oc1ccccc1. The molecule has 3 heterocycles. The maximum atomic E-state index is 12.8. The first kappa shape index (κ1) is 24.1. The second kappa shape index (κ2) is 11.9. The van der Waals surface area contributed by atoms with Crippen molar-refractivity contribution in [1.29, 1.82) is 0 Å². The van der Waals surface area contributed by atoms with Crippen molar-refractivity contribution in [1.82, 2.24) is 20.1 Å². The summed E-state index contributed by atoms with van der Waals surface area (Å²) < 4.78 is 17.8. The zero-order valence-corrected chi connectivity index (χ0v) is 20.3. The van der Waals surface area contributed by atoms with Gasteiger partial charge in [0.05, 0.1) is 0 Å². The fourth-order valence-corrected chi connectivity index (χ4v) is 4.54. The molecule has 36 heavy (non-hydrogen) atoms. The number of fused-ring (bicyclic) bond motifs is 1. The summed E-state index contributed by atoms with van der Waals surface area (Å²) in [7, 11) is 0. The van der Waals surface area contributed by atoms with E-state index in [2.05, 4.69) is 20.1 Å². The highest BCUT2D eigenvalue weighted by Gasteiger charge is 2.24. The maximum Gasteiger partial charge on any atom is 0.256 e. The number of nitrogens with zero attached hydrogens (tertiary/aromatic N) is 3. The molecule has 8 nitrogen and oxygen atoms in total. The maximum absolute atomic E-state index is 12.8. The van der Waals surface area contributed by atoms with Crippen LogP contribution in [0.1, 0.15) is 16.8 Å². The van der Waals surface area contributed by atoms with E-state index in [1.54, 1.807) is 18.3 Å². The molecule has 8 heteroatoms. The fraction of sp³-hybridized carbons (Fsp3) is 0.357.